The Morgan fingerprint density at radius 2 is 2.25 bits per heavy atom. The molecule has 0 amide bonds. The Morgan fingerprint density at radius 1 is 1.56 bits per heavy atom. The molecule has 0 aliphatic rings. The average Bonchev–Trinajstić information content (AvgIpc) is 2.64. The van der Waals surface area contributed by atoms with Crippen LogP contribution in [0.1, 0.15) is 6.92 Å². The van der Waals surface area contributed by atoms with Crippen molar-refractivity contribution in [3.63, 3.8) is 0 Å². The highest BCUT2D eigenvalue weighted by molar-refractivity contribution is 9.10. The third-order valence-corrected chi connectivity index (χ3v) is 6.28. The normalized spacial score (nSPS) is 12.2. The number of nitrogens with zero attached hydrogens (tertiary/aromatic N) is 1. The lowest BCUT2D eigenvalue weighted by Gasteiger charge is -2.13. The van der Waals surface area contributed by atoms with E-state index in [1.165, 1.54) is 11.3 Å². The van der Waals surface area contributed by atoms with Crippen LogP contribution in [0.15, 0.2) is 20.1 Å². The van der Waals surface area contributed by atoms with Gasteiger partial charge in [-0.2, -0.15) is 0 Å². The maximum atomic E-state index is 11.8. The summed E-state index contributed by atoms with van der Waals surface area (Å²) in [6, 6.07) is 1.73. The van der Waals surface area contributed by atoms with Crippen molar-refractivity contribution in [1.82, 2.24) is 9.62 Å². The van der Waals surface area contributed by atoms with E-state index >= 15 is 0 Å². The molecular weight excluding hydrogens is 312 g/mol. The predicted molar refractivity (Wildman–Crippen MR) is 70.4 cm³/mol. The highest BCUT2D eigenvalue weighted by Gasteiger charge is 2.18. The van der Waals surface area contributed by atoms with Crippen molar-refractivity contribution in [1.29, 1.82) is 0 Å². The Balaban J connectivity index is 2.57. The summed E-state index contributed by atoms with van der Waals surface area (Å²) >= 11 is 4.43. The maximum absolute atomic E-state index is 11.8. The van der Waals surface area contributed by atoms with E-state index in [-0.39, 0.29) is 0 Å². The molecule has 1 aromatic rings. The molecule has 0 aliphatic heterocycles. The van der Waals surface area contributed by atoms with E-state index < -0.39 is 10.0 Å². The van der Waals surface area contributed by atoms with E-state index in [4.69, 9.17) is 0 Å². The number of halogens is 1. The molecule has 0 atom stereocenters. The predicted octanol–water partition coefficient (Wildman–Crippen LogP) is 1.74. The molecule has 7 heteroatoms. The van der Waals surface area contributed by atoms with Crippen molar-refractivity contribution in [3.05, 3.63) is 15.9 Å². The minimum Gasteiger partial charge on any atom is -0.305 e. The molecule has 1 rings (SSSR count). The molecule has 1 heterocycles. The molecule has 0 aromatic carbocycles. The molecule has 0 aliphatic carbocycles. The molecule has 16 heavy (non-hydrogen) atoms. The topological polar surface area (TPSA) is 49.4 Å². The van der Waals surface area contributed by atoms with Gasteiger partial charge < -0.3 is 4.90 Å². The van der Waals surface area contributed by atoms with Crippen LogP contribution in [0.5, 0.6) is 0 Å². The second-order valence-electron chi connectivity index (χ2n) is 3.35. The van der Waals surface area contributed by atoms with E-state index in [9.17, 15) is 8.42 Å². The van der Waals surface area contributed by atoms with E-state index in [1.54, 1.807) is 11.4 Å². The number of sulfonamides is 1. The third kappa shape index (κ3) is 3.81. The summed E-state index contributed by atoms with van der Waals surface area (Å²) in [6.45, 7) is 4.07. The van der Waals surface area contributed by atoms with Gasteiger partial charge in [0.1, 0.15) is 4.21 Å². The Kier molecular flexibility index (Phi) is 5.39. The third-order valence-electron chi connectivity index (χ3n) is 2.15. The van der Waals surface area contributed by atoms with Crippen LogP contribution < -0.4 is 4.72 Å². The molecule has 1 N–H and O–H groups in total. The molecular formula is C9H15BrN2O2S2. The first kappa shape index (κ1) is 14.1. The zero-order chi connectivity index (χ0) is 12.2. The standard InChI is InChI=1S/C9H15BrN2O2S2/c1-3-12(2)6-5-11-16(13,14)9-8(10)4-7-15-9/h4,7,11H,3,5-6H2,1-2H3. The number of thiophene rings is 1. The van der Waals surface area contributed by atoms with Crippen molar-refractivity contribution >= 4 is 37.3 Å². The second-order valence-corrected chi connectivity index (χ2v) is 7.08. The number of rotatable bonds is 6. The SMILES string of the molecule is CCN(C)CCNS(=O)(=O)c1sccc1Br. The highest BCUT2D eigenvalue weighted by atomic mass is 79.9. The van der Waals surface area contributed by atoms with Crippen molar-refractivity contribution < 1.29 is 8.42 Å². The molecule has 0 saturated carbocycles. The first-order valence-electron chi connectivity index (χ1n) is 4.88. The van der Waals surface area contributed by atoms with E-state index in [0.29, 0.717) is 21.8 Å². The van der Waals surface area contributed by atoms with Gasteiger partial charge in [0, 0.05) is 17.6 Å². The van der Waals surface area contributed by atoms with Crippen LogP contribution in [0.4, 0.5) is 0 Å². The second kappa shape index (κ2) is 6.11. The lowest BCUT2D eigenvalue weighted by Crippen LogP contribution is -2.32. The van der Waals surface area contributed by atoms with E-state index in [2.05, 4.69) is 20.7 Å². The van der Waals surface area contributed by atoms with Crippen molar-refractivity contribution in [2.45, 2.75) is 11.1 Å². The molecule has 0 radical (unpaired) electrons. The molecule has 0 bridgehead atoms. The van der Waals surface area contributed by atoms with Crippen LogP contribution in [-0.2, 0) is 10.0 Å². The fourth-order valence-corrected chi connectivity index (χ4v) is 4.47. The molecule has 0 unspecified atom stereocenters. The zero-order valence-electron chi connectivity index (χ0n) is 9.23. The largest absolute Gasteiger partial charge is 0.305 e. The van der Waals surface area contributed by atoms with Crippen LogP contribution >= 0.6 is 27.3 Å². The van der Waals surface area contributed by atoms with Gasteiger partial charge in [0.25, 0.3) is 10.0 Å². The van der Waals surface area contributed by atoms with Gasteiger partial charge in [-0.3, -0.25) is 0 Å². The quantitative estimate of drug-likeness (QED) is 0.866. The van der Waals surface area contributed by atoms with Gasteiger partial charge >= 0.3 is 0 Å². The minimum atomic E-state index is -3.36. The summed E-state index contributed by atoms with van der Waals surface area (Å²) in [7, 11) is -1.40. The molecule has 0 spiro atoms. The summed E-state index contributed by atoms with van der Waals surface area (Å²) in [5, 5.41) is 1.75. The van der Waals surface area contributed by atoms with E-state index in [1.807, 2.05) is 18.9 Å². The fourth-order valence-electron chi connectivity index (χ4n) is 1.07. The number of hydrogen-bond donors (Lipinski definition) is 1. The van der Waals surface area contributed by atoms with Crippen molar-refractivity contribution in [3.8, 4) is 0 Å². The summed E-state index contributed by atoms with van der Waals surface area (Å²) in [5.41, 5.74) is 0. The molecule has 0 saturated heterocycles. The van der Waals surface area contributed by atoms with Crippen LogP contribution in [0, 0.1) is 0 Å². The first-order valence-corrected chi connectivity index (χ1v) is 8.04. The minimum absolute atomic E-state index is 0.339. The summed E-state index contributed by atoms with van der Waals surface area (Å²) < 4.78 is 27.2. The Labute approximate surface area is 109 Å². The van der Waals surface area contributed by atoms with Gasteiger partial charge in [0.05, 0.1) is 0 Å². The van der Waals surface area contributed by atoms with Crippen LogP contribution in [0.25, 0.3) is 0 Å². The van der Waals surface area contributed by atoms with E-state index in [0.717, 1.165) is 6.54 Å². The van der Waals surface area contributed by atoms with Crippen molar-refractivity contribution in [2.75, 3.05) is 26.7 Å². The van der Waals surface area contributed by atoms with Gasteiger partial charge in [-0.1, -0.05) is 6.92 Å². The summed E-state index contributed by atoms with van der Waals surface area (Å²) in [4.78, 5) is 2.05. The fraction of sp³-hybridized carbons (Fsp3) is 0.556. The molecule has 1 aromatic heterocycles. The Bertz CT molecular complexity index is 430. The monoisotopic (exact) mass is 326 g/mol. The molecule has 4 nitrogen and oxygen atoms in total. The van der Waals surface area contributed by atoms with Gasteiger partial charge in [-0.15, -0.1) is 11.3 Å². The molecule has 92 valence electrons. The van der Waals surface area contributed by atoms with Gasteiger partial charge in [0.15, 0.2) is 0 Å². The number of hydrogen-bond acceptors (Lipinski definition) is 4. The molecule has 0 fully saturated rings. The first-order chi connectivity index (χ1) is 7.47. The number of likely N-dealkylation sites (N-methyl/N-ethyl adjacent to an activating group) is 1. The lowest BCUT2D eigenvalue weighted by atomic mass is 10.5. The summed E-state index contributed by atoms with van der Waals surface area (Å²) in [5.74, 6) is 0. The van der Waals surface area contributed by atoms with Crippen LogP contribution in [0.3, 0.4) is 0 Å². The van der Waals surface area contributed by atoms with Crippen LogP contribution in [0.2, 0.25) is 0 Å². The smallest absolute Gasteiger partial charge is 0.251 e. The number of nitrogens with one attached hydrogen (secondary N) is 1. The Hall–Kier alpha value is 0.0500. The highest BCUT2D eigenvalue weighted by Crippen LogP contribution is 2.27. The van der Waals surface area contributed by atoms with Crippen molar-refractivity contribution in [2.24, 2.45) is 0 Å². The lowest BCUT2D eigenvalue weighted by molar-refractivity contribution is 0.358. The van der Waals surface area contributed by atoms with Gasteiger partial charge in [0.2, 0.25) is 0 Å². The summed E-state index contributed by atoms with van der Waals surface area (Å²) in [6.07, 6.45) is 0. The van der Waals surface area contributed by atoms with Gasteiger partial charge in [-0.05, 0) is 41.0 Å². The maximum Gasteiger partial charge on any atom is 0.251 e. The zero-order valence-corrected chi connectivity index (χ0v) is 12.5. The average molecular weight is 327 g/mol. The Morgan fingerprint density at radius 3 is 2.75 bits per heavy atom. The van der Waals surface area contributed by atoms with Crippen LogP contribution in [-0.4, -0.2) is 40.0 Å². The van der Waals surface area contributed by atoms with Gasteiger partial charge in [-0.25, -0.2) is 13.1 Å².